The normalized spacial score (nSPS) is 21.1. The quantitative estimate of drug-likeness (QED) is 0.840. The summed E-state index contributed by atoms with van der Waals surface area (Å²) in [7, 11) is 0. The fourth-order valence-electron chi connectivity index (χ4n) is 2.19. The second-order valence-corrected chi connectivity index (χ2v) is 4.55. The zero-order valence-electron chi connectivity index (χ0n) is 10.0. The van der Waals surface area contributed by atoms with Gasteiger partial charge in [-0.1, -0.05) is 0 Å². The van der Waals surface area contributed by atoms with E-state index in [9.17, 15) is 13.2 Å². The maximum absolute atomic E-state index is 12.7. The lowest BCUT2D eigenvalue weighted by Crippen LogP contribution is -2.42. The molecule has 7 heteroatoms. The van der Waals surface area contributed by atoms with Gasteiger partial charge in [0.05, 0.1) is 5.92 Å². The van der Waals surface area contributed by atoms with Crippen LogP contribution < -0.4 is 10.6 Å². The van der Waals surface area contributed by atoms with Crippen LogP contribution >= 0.6 is 0 Å². The molecule has 1 aliphatic rings. The number of alkyl halides is 3. The van der Waals surface area contributed by atoms with Gasteiger partial charge < -0.3 is 10.6 Å². The smallest absolute Gasteiger partial charge is 0.368 e. The molecular formula is C11H15F3N4. The molecule has 0 amide bonds. The number of anilines is 2. The monoisotopic (exact) mass is 260 g/mol. The average molecular weight is 260 g/mol. The van der Waals surface area contributed by atoms with Crippen molar-refractivity contribution in [2.75, 3.05) is 23.7 Å². The van der Waals surface area contributed by atoms with E-state index < -0.39 is 12.1 Å². The van der Waals surface area contributed by atoms with Crippen molar-refractivity contribution in [2.24, 2.45) is 5.92 Å². The van der Waals surface area contributed by atoms with Crippen molar-refractivity contribution < 1.29 is 13.2 Å². The van der Waals surface area contributed by atoms with Crippen LogP contribution in [-0.4, -0.2) is 29.2 Å². The first kappa shape index (κ1) is 12.9. The molecular weight excluding hydrogens is 245 g/mol. The van der Waals surface area contributed by atoms with Gasteiger partial charge in [-0.15, -0.1) is 0 Å². The van der Waals surface area contributed by atoms with Gasteiger partial charge in [0, 0.05) is 24.8 Å². The SMILES string of the molecule is Cc1cc(N2CCCC(C(F)(F)F)C2)nc(N)n1. The summed E-state index contributed by atoms with van der Waals surface area (Å²) in [5, 5.41) is 0. The zero-order chi connectivity index (χ0) is 13.3. The summed E-state index contributed by atoms with van der Waals surface area (Å²) in [6, 6.07) is 1.66. The van der Waals surface area contributed by atoms with Gasteiger partial charge in [-0.25, -0.2) is 4.98 Å². The van der Waals surface area contributed by atoms with Gasteiger partial charge in [-0.2, -0.15) is 18.2 Å². The Balaban J connectivity index is 2.18. The second kappa shape index (κ2) is 4.62. The molecule has 100 valence electrons. The summed E-state index contributed by atoms with van der Waals surface area (Å²) in [6.07, 6.45) is -3.46. The van der Waals surface area contributed by atoms with Crippen LogP contribution in [0.4, 0.5) is 24.9 Å². The maximum Gasteiger partial charge on any atom is 0.393 e. The molecule has 1 aromatic heterocycles. The molecule has 0 spiro atoms. The highest BCUT2D eigenvalue weighted by Crippen LogP contribution is 2.34. The van der Waals surface area contributed by atoms with Gasteiger partial charge >= 0.3 is 6.18 Å². The Morgan fingerprint density at radius 2 is 2.11 bits per heavy atom. The topological polar surface area (TPSA) is 55.0 Å². The van der Waals surface area contributed by atoms with Crippen molar-refractivity contribution in [1.82, 2.24) is 9.97 Å². The minimum Gasteiger partial charge on any atom is -0.368 e. The fourth-order valence-corrected chi connectivity index (χ4v) is 2.19. The summed E-state index contributed by atoms with van der Waals surface area (Å²) < 4.78 is 38.1. The Labute approximate surface area is 103 Å². The second-order valence-electron chi connectivity index (χ2n) is 4.55. The van der Waals surface area contributed by atoms with Crippen molar-refractivity contribution in [1.29, 1.82) is 0 Å². The first-order valence-corrected chi connectivity index (χ1v) is 5.79. The molecule has 1 aromatic rings. The van der Waals surface area contributed by atoms with E-state index in [0.717, 1.165) is 0 Å². The molecule has 2 rings (SSSR count). The molecule has 0 bridgehead atoms. The molecule has 0 radical (unpaired) electrons. The number of hydrogen-bond donors (Lipinski definition) is 1. The molecule has 18 heavy (non-hydrogen) atoms. The maximum atomic E-state index is 12.7. The minimum absolute atomic E-state index is 0.0562. The van der Waals surface area contributed by atoms with Crippen molar-refractivity contribution in [3.05, 3.63) is 11.8 Å². The van der Waals surface area contributed by atoms with Gasteiger partial charge in [0.15, 0.2) is 0 Å². The first-order valence-electron chi connectivity index (χ1n) is 5.79. The minimum atomic E-state index is -4.15. The van der Waals surface area contributed by atoms with E-state index in [0.29, 0.717) is 24.5 Å². The van der Waals surface area contributed by atoms with Crippen molar-refractivity contribution in [2.45, 2.75) is 25.9 Å². The lowest BCUT2D eigenvalue weighted by Gasteiger charge is -2.34. The van der Waals surface area contributed by atoms with Crippen LogP contribution in [0.2, 0.25) is 0 Å². The summed E-state index contributed by atoms with van der Waals surface area (Å²) in [6.45, 7) is 2.26. The number of nitrogen functional groups attached to an aromatic ring is 1. The molecule has 0 aromatic carbocycles. The lowest BCUT2D eigenvalue weighted by atomic mass is 9.97. The Hall–Kier alpha value is -1.53. The number of rotatable bonds is 1. The highest BCUT2D eigenvalue weighted by molar-refractivity contribution is 5.43. The largest absolute Gasteiger partial charge is 0.393 e. The molecule has 1 atom stereocenters. The molecule has 2 heterocycles. The zero-order valence-corrected chi connectivity index (χ0v) is 10.0. The average Bonchev–Trinajstić information content (AvgIpc) is 2.27. The van der Waals surface area contributed by atoms with Crippen molar-refractivity contribution >= 4 is 11.8 Å². The number of piperidine rings is 1. The van der Waals surface area contributed by atoms with Crippen LogP contribution in [0.1, 0.15) is 18.5 Å². The van der Waals surface area contributed by atoms with Crippen LogP contribution in [0.15, 0.2) is 6.07 Å². The van der Waals surface area contributed by atoms with Crippen LogP contribution in [-0.2, 0) is 0 Å². The third-order valence-electron chi connectivity index (χ3n) is 3.07. The molecule has 0 aliphatic carbocycles. The number of aryl methyl sites for hydroxylation is 1. The van der Waals surface area contributed by atoms with Gasteiger partial charge in [-0.05, 0) is 19.8 Å². The fraction of sp³-hybridized carbons (Fsp3) is 0.636. The molecule has 4 nitrogen and oxygen atoms in total. The van der Waals surface area contributed by atoms with Crippen LogP contribution in [0, 0.1) is 12.8 Å². The third-order valence-corrected chi connectivity index (χ3v) is 3.07. The van der Waals surface area contributed by atoms with E-state index in [1.54, 1.807) is 17.9 Å². The van der Waals surface area contributed by atoms with E-state index in [-0.39, 0.29) is 18.9 Å². The summed E-state index contributed by atoms with van der Waals surface area (Å²) >= 11 is 0. The summed E-state index contributed by atoms with van der Waals surface area (Å²) in [5.41, 5.74) is 6.17. The lowest BCUT2D eigenvalue weighted by molar-refractivity contribution is -0.176. The number of hydrogen-bond acceptors (Lipinski definition) is 4. The molecule has 2 N–H and O–H groups in total. The predicted molar refractivity (Wildman–Crippen MR) is 62.2 cm³/mol. The molecule has 1 saturated heterocycles. The Morgan fingerprint density at radius 3 is 2.72 bits per heavy atom. The molecule has 0 saturated carbocycles. The van der Waals surface area contributed by atoms with Gasteiger partial charge in [0.25, 0.3) is 0 Å². The van der Waals surface area contributed by atoms with Crippen molar-refractivity contribution in [3.63, 3.8) is 0 Å². The van der Waals surface area contributed by atoms with Crippen LogP contribution in [0.3, 0.4) is 0 Å². The number of halogens is 3. The number of nitrogens with two attached hydrogens (primary N) is 1. The van der Waals surface area contributed by atoms with E-state index >= 15 is 0 Å². The first-order chi connectivity index (χ1) is 8.36. The van der Waals surface area contributed by atoms with Gasteiger partial charge in [0.1, 0.15) is 5.82 Å². The molecule has 1 unspecified atom stereocenters. The van der Waals surface area contributed by atoms with E-state index in [2.05, 4.69) is 9.97 Å². The molecule has 1 fully saturated rings. The predicted octanol–water partition coefficient (Wildman–Crippen LogP) is 2.15. The summed E-state index contributed by atoms with van der Waals surface area (Å²) in [5.74, 6) is -0.712. The standard InChI is InChI=1S/C11H15F3N4/c1-7-5-9(17-10(15)16-7)18-4-2-3-8(6-18)11(12,13)14/h5,8H,2-4,6H2,1H3,(H2,15,16,17). The van der Waals surface area contributed by atoms with Crippen molar-refractivity contribution in [3.8, 4) is 0 Å². The Bertz CT molecular complexity index is 413. The van der Waals surface area contributed by atoms with Crippen LogP contribution in [0.5, 0.6) is 0 Å². The van der Waals surface area contributed by atoms with Gasteiger partial charge in [-0.3, -0.25) is 0 Å². The van der Waals surface area contributed by atoms with Crippen LogP contribution in [0.25, 0.3) is 0 Å². The molecule has 1 aliphatic heterocycles. The van der Waals surface area contributed by atoms with E-state index in [1.165, 1.54) is 0 Å². The van der Waals surface area contributed by atoms with E-state index in [4.69, 9.17) is 5.73 Å². The highest BCUT2D eigenvalue weighted by atomic mass is 19.4. The third kappa shape index (κ3) is 2.83. The highest BCUT2D eigenvalue weighted by Gasteiger charge is 2.42. The number of aromatic nitrogens is 2. The Kier molecular flexibility index (Phi) is 3.32. The summed E-state index contributed by atoms with van der Waals surface area (Å²) in [4.78, 5) is 9.55. The van der Waals surface area contributed by atoms with E-state index in [1.807, 2.05) is 0 Å². The number of nitrogens with zero attached hydrogens (tertiary/aromatic N) is 3. The Morgan fingerprint density at radius 1 is 1.39 bits per heavy atom. The van der Waals surface area contributed by atoms with Gasteiger partial charge in [0.2, 0.25) is 5.95 Å².